The molecule has 55 heavy (non-hydrogen) atoms. The van der Waals surface area contributed by atoms with Crippen LogP contribution in [0.1, 0.15) is 310 Å². The van der Waals surface area contributed by atoms with E-state index in [0.29, 0.717) is 6.17 Å². The second kappa shape index (κ2) is 44.4. The summed E-state index contributed by atoms with van der Waals surface area (Å²) in [6.07, 6.45) is 70.8. The fourth-order valence-corrected chi connectivity index (χ4v) is 9.19. The van der Waals surface area contributed by atoms with E-state index in [2.05, 4.69) is 43.0 Å². The van der Waals surface area contributed by atoms with Crippen molar-refractivity contribution in [1.82, 2.24) is 9.80 Å². The summed E-state index contributed by atoms with van der Waals surface area (Å²) in [5.41, 5.74) is 0. The van der Waals surface area contributed by atoms with Gasteiger partial charge < -0.3 is 9.80 Å². The Morgan fingerprint density at radius 3 is 0.636 bits per heavy atom. The molecule has 0 amide bonds. The minimum absolute atomic E-state index is 0.635. The maximum Gasteiger partial charge on any atom is 0.101 e. The van der Waals surface area contributed by atoms with Crippen LogP contribution in [0.15, 0.2) is 12.4 Å². The van der Waals surface area contributed by atoms with Crippen molar-refractivity contribution >= 4 is 0 Å². The Morgan fingerprint density at radius 2 is 0.418 bits per heavy atom. The summed E-state index contributed by atoms with van der Waals surface area (Å²) in [5, 5.41) is 0. The lowest BCUT2D eigenvalue weighted by atomic mass is 10.0. The summed E-state index contributed by atoms with van der Waals surface area (Å²) in [4.78, 5) is 5.49. The summed E-state index contributed by atoms with van der Waals surface area (Å²) in [7, 11) is 0. The van der Waals surface area contributed by atoms with E-state index in [1.165, 1.54) is 302 Å². The number of rotatable bonds is 47. The van der Waals surface area contributed by atoms with Gasteiger partial charge >= 0.3 is 0 Å². The quantitative estimate of drug-likeness (QED) is 0.0569. The van der Waals surface area contributed by atoms with Gasteiger partial charge in [0.05, 0.1) is 0 Å². The van der Waals surface area contributed by atoms with E-state index in [9.17, 15) is 0 Å². The van der Waals surface area contributed by atoms with Gasteiger partial charge in [-0.25, -0.2) is 0 Å². The first kappa shape index (κ1) is 52.4. The Hall–Kier alpha value is -0.660. The van der Waals surface area contributed by atoms with Gasteiger partial charge in [-0.1, -0.05) is 284 Å². The van der Waals surface area contributed by atoms with Gasteiger partial charge in [-0.15, -0.1) is 0 Å². The van der Waals surface area contributed by atoms with E-state index in [1.807, 2.05) is 0 Å². The van der Waals surface area contributed by atoms with E-state index >= 15 is 0 Å². The Balaban J connectivity index is 2.17. The van der Waals surface area contributed by atoms with Crippen LogP contribution in [0.4, 0.5) is 0 Å². The molecule has 328 valence electrons. The molecule has 0 aromatic heterocycles. The number of unbranched alkanes of at least 4 members (excludes halogenated alkanes) is 41. The predicted octanol–water partition coefficient (Wildman–Crippen LogP) is 19.0. The number of hydrogen-bond acceptors (Lipinski definition) is 2. The monoisotopic (exact) mass is 771 g/mol. The van der Waals surface area contributed by atoms with E-state index in [1.54, 1.807) is 0 Å². The highest BCUT2D eigenvalue weighted by atomic mass is 15.4. The van der Waals surface area contributed by atoms with Crippen molar-refractivity contribution in [2.24, 2.45) is 0 Å². The van der Waals surface area contributed by atoms with Crippen molar-refractivity contribution in [2.75, 3.05) is 13.1 Å². The predicted molar refractivity (Wildman–Crippen MR) is 251 cm³/mol. The van der Waals surface area contributed by atoms with Gasteiger partial charge in [-0.3, -0.25) is 0 Å². The van der Waals surface area contributed by atoms with Crippen molar-refractivity contribution in [1.29, 1.82) is 0 Å². The molecule has 1 unspecified atom stereocenters. The first-order chi connectivity index (χ1) is 27.3. The van der Waals surface area contributed by atoms with Crippen LogP contribution >= 0.6 is 0 Å². The van der Waals surface area contributed by atoms with Crippen LogP contribution in [0.2, 0.25) is 0 Å². The maximum absolute atomic E-state index is 2.74. The van der Waals surface area contributed by atoms with Crippen molar-refractivity contribution in [2.45, 2.75) is 316 Å². The van der Waals surface area contributed by atoms with Crippen molar-refractivity contribution in [3.8, 4) is 0 Å². The maximum atomic E-state index is 2.74. The molecule has 0 aromatic rings. The summed E-state index contributed by atoms with van der Waals surface area (Å²) < 4.78 is 0. The number of nitrogens with zero attached hydrogens (tertiary/aromatic N) is 2. The van der Waals surface area contributed by atoms with Crippen LogP contribution < -0.4 is 0 Å². The lowest BCUT2D eigenvalue weighted by Gasteiger charge is -2.33. The second-order valence-corrected chi connectivity index (χ2v) is 18.5. The van der Waals surface area contributed by atoms with Crippen LogP contribution in [-0.2, 0) is 0 Å². The third-order valence-electron chi connectivity index (χ3n) is 13.1. The highest BCUT2D eigenvalue weighted by Crippen LogP contribution is 2.24. The number of hydrogen-bond donors (Lipinski definition) is 0. The molecule has 1 rings (SSSR count). The molecule has 0 N–H and O–H groups in total. The van der Waals surface area contributed by atoms with Crippen molar-refractivity contribution in [3.63, 3.8) is 0 Å². The molecule has 0 saturated heterocycles. The highest BCUT2D eigenvalue weighted by molar-refractivity contribution is 4.97. The molecule has 1 aliphatic rings. The van der Waals surface area contributed by atoms with Gasteiger partial charge in [0.2, 0.25) is 0 Å². The van der Waals surface area contributed by atoms with Gasteiger partial charge in [0.15, 0.2) is 0 Å². The van der Waals surface area contributed by atoms with Gasteiger partial charge in [0.1, 0.15) is 6.17 Å². The van der Waals surface area contributed by atoms with Crippen LogP contribution in [0.3, 0.4) is 0 Å². The SMILES string of the molecule is CCCCCCCCCCCCCCCCCCCN1C=CN(CCCCCCCCCCCCC)C1CCCCCCCCCCCCCCCCCC. The minimum Gasteiger partial charge on any atom is -0.356 e. The Labute approximate surface area is 350 Å². The molecule has 2 heteroatoms. The Kier molecular flexibility index (Phi) is 42.3. The van der Waals surface area contributed by atoms with Gasteiger partial charge in [-0.2, -0.15) is 0 Å². The first-order valence-electron chi connectivity index (χ1n) is 26.5. The van der Waals surface area contributed by atoms with Crippen molar-refractivity contribution < 1.29 is 0 Å². The first-order valence-corrected chi connectivity index (χ1v) is 26.5. The summed E-state index contributed by atoms with van der Waals surface area (Å²) in [5.74, 6) is 0. The van der Waals surface area contributed by atoms with E-state index in [-0.39, 0.29) is 0 Å². The largest absolute Gasteiger partial charge is 0.356 e. The lowest BCUT2D eigenvalue weighted by molar-refractivity contribution is 0.135. The van der Waals surface area contributed by atoms with Gasteiger partial charge in [-0.05, 0) is 25.7 Å². The average molecular weight is 771 g/mol. The van der Waals surface area contributed by atoms with Crippen LogP contribution in [-0.4, -0.2) is 29.1 Å². The standard InChI is InChI=1S/C53H106N2/c1-4-7-10-13-16-19-22-24-26-28-30-32-35-38-41-44-47-50-55-52-51-54(49-46-43-40-37-34-21-18-15-12-9-6-3)53(55)48-45-42-39-36-33-31-29-27-25-23-20-17-14-11-8-5-2/h51-53H,4-50H2,1-3H3. The molecule has 0 bridgehead atoms. The smallest absolute Gasteiger partial charge is 0.101 e. The zero-order chi connectivity index (χ0) is 39.4. The van der Waals surface area contributed by atoms with E-state index in [0.717, 1.165) is 0 Å². The molecule has 0 fully saturated rings. The van der Waals surface area contributed by atoms with Gasteiger partial charge in [0.25, 0.3) is 0 Å². The highest BCUT2D eigenvalue weighted by Gasteiger charge is 2.25. The molecular weight excluding hydrogens is 665 g/mol. The Morgan fingerprint density at radius 1 is 0.236 bits per heavy atom. The minimum atomic E-state index is 0.635. The second-order valence-electron chi connectivity index (χ2n) is 18.5. The zero-order valence-electron chi connectivity index (χ0n) is 38.9. The molecule has 0 saturated carbocycles. The lowest BCUT2D eigenvalue weighted by Crippen LogP contribution is -2.39. The molecule has 1 atom stereocenters. The summed E-state index contributed by atoms with van der Waals surface area (Å²) in [6, 6.07) is 0. The Bertz CT molecular complexity index is 732. The third-order valence-corrected chi connectivity index (χ3v) is 13.1. The third kappa shape index (κ3) is 36.2. The molecule has 0 spiro atoms. The van der Waals surface area contributed by atoms with Crippen LogP contribution in [0.25, 0.3) is 0 Å². The van der Waals surface area contributed by atoms with Gasteiger partial charge in [0, 0.05) is 25.5 Å². The molecule has 0 aromatic carbocycles. The molecular formula is C53H106N2. The molecule has 1 heterocycles. The van der Waals surface area contributed by atoms with Crippen LogP contribution in [0, 0.1) is 0 Å². The van der Waals surface area contributed by atoms with E-state index < -0.39 is 0 Å². The fraction of sp³-hybridized carbons (Fsp3) is 0.962. The molecule has 1 aliphatic heterocycles. The summed E-state index contributed by atoms with van der Waals surface area (Å²) >= 11 is 0. The normalized spacial score (nSPS) is 14.3. The van der Waals surface area contributed by atoms with Crippen molar-refractivity contribution in [3.05, 3.63) is 12.4 Å². The molecule has 0 radical (unpaired) electrons. The topological polar surface area (TPSA) is 6.48 Å². The molecule has 2 nitrogen and oxygen atoms in total. The summed E-state index contributed by atoms with van der Waals surface area (Å²) in [6.45, 7) is 9.50. The fourth-order valence-electron chi connectivity index (χ4n) is 9.19. The van der Waals surface area contributed by atoms with Crippen LogP contribution in [0.5, 0.6) is 0 Å². The molecule has 0 aliphatic carbocycles. The average Bonchev–Trinajstić information content (AvgIpc) is 3.58. The zero-order valence-corrected chi connectivity index (χ0v) is 38.9. The van der Waals surface area contributed by atoms with E-state index in [4.69, 9.17) is 0 Å².